The quantitative estimate of drug-likeness (QED) is 0.837. The second-order valence-corrected chi connectivity index (χ2v) is 10.1. The Hall–Kier alpha value is -1.78. The van der Waals surface area contributed by atoms with Crippen LogP contribution in [0.25, 0.3) is 10.2 Å². The Morgan fingerprint density at radius 3 is 2.76 bits per heavy atom. The first-order chi connectivity index (χ1) is 11.7. The van der Waals surface area contributed by atoms with Crippen molar-refractivity contribution in [3.8, 4) is 0 Å². The lowest BCUT2D eigenvalue weighted by atomic mass is 9.81. The lowest BCUT2D eigenvalue weighted by molar-refractivity contribution is -0.148. The number of sulfonamides is 1. The van der Waals surface area contributed by atoms with Crippen molar-refractivity contribution in [3.05, 3.63) is 17.3 Å². The number of carboxylic acid groups (broad SMARTS) is 1. The van der Waals surface area contributed by atoms with Gasteiger partial charge in [0.05, 0.1) is 11.6 Å². The summed E-state index contributed by atoms with van der Waals surface area (Å²) in [6, 6.07) is 2.01. The lowest BCUT2D eigenvalue weighted by Crippen LogP contribution is -2.42. The van der Waals surface area contributed by atoms with Gasteiger partial charge in [-0.25, -0.2) is 22.7 Å². The molecule has 2 fully saturated rings. The van der Waals surface area contributed by atoms with Gasteiger partial charge in [-0.3, -0.25) is 4.79 Å². The van der Waals surface area contributed by atoms with Crippen molar-refractivity contribution in [1.29, 1.82) is 0 Å². The van der Waals surface area contributed by atoms with Crippen molar-refractivity contribution < 1.29 is 18.3 Å². The molecule has 0 aromatic carbocycles. The molecule has 25 heavy (non-hydrogen) atoms. The summed E-state index contributed by atoms with van der Waals surface area (Å²) in [4.78, 5) is 24.7. The van der Waals surface area contributed by atoms with E-state index in [1.807, 2.05) is 17.9 Å². The Kier molecular flexibility index (Phi) is 3.57. The van der Waals surface area contributed by atoms with Crippen LogP contribution in [-0.4, -0.2) is 66.2 Å². The molecule has 4 rings (SSSR count). The first kappa shape index (κ1) is 16.7. The monoisotopic (exact) mass is 382 g/mol. The van der Waals surface area contributed by atoms with Gasteiger partial charge in [-0.05, 0) is 13.0 Å². The maximum atomic E-state index is 12.0. The van der Waals surface area contributed by atoms with Gasteiger partial charge in [0.15, 0.2) is 0 Å². The zero-order chi connectivity index (χ0) is 18.0. The molecule has 1 N–H and O–H groups in total. The first-order valence-electron chi connectivity index (χ1n) is 7.85. The number of carboxylic acids is 1. The fraction of sp³-hybridized carbons (Fsp3) is 0.533. The van der Waals surface area contributed by atoms with Gasteiger partial charge < -0.3 is 10.0 Å². The van der Waals surface area contributed by atoms with Crippen molar-refractivity contribution in [3.63, 3.8) is 0 Å². The maximum absolute atomic E-state index is 12.0. The minimum atomic E-state index is -3.40. The van der Waals surface area contributed by atoms with E-state index in [-0.39, 0.29) is 25.6 Å². The summed E-state index contributed by atoms with van der Waals surface area (Å²) in [5.74, 6) is -0.474. The molecule has 2 aliphatic heterocycles. The van der Waals surface area contributed by atoms with Crippen LogP contribution < -0.4 is 4.90 Å². The molecule has 0 bridgehead atoms. The smallest absolute Gasteiger partial charge is 0.313 e. The van der Waals surface area contributed by atoms with E-state index < -0.39 is 21.4 Å². The highest BCUT2D eigenvalue weighted by atomic mass is 32.2. The number of nitrogens with zero attached hydrogens (tertiary/aromatic N) is 4. The average Bonchev–Trinajstić information content (AvgIpc) is 3.14. The summed E-state index contributed by atoms with van der Waals surface area (Å²) in [5, 5.41) is 10.8. The number of aliphatic carboxylic acids is 1. The predicted molar refractivity (Wildman–Crippen MR) is 94.3 cm³/mol. The van der Waals surface area contributed by atoms with Gasteiger partial charge in [-0.2, -0.15) is 0 Å². The van der Waals surface area contributed by atoms with Gasteiger partial charge in [-0.1, -0.05) is 0 Å². The Morgan fingerprint density at radius 2 is 2.12 bits per heavy atom. The van der Waals surface area contributed by atoms with Gasteiger partial charge >= 0.3 is 5.97 Å². The summed E-state index contributed by atoms with van der Waals surface area (Å²) < 4.78 is 25.0. The van der Waals surface area contributed by atoms with Crippen molar-refractivity contribution in [1.82, 2.24) is 14.3 Å². The third-order valence-corrected chi connectivity index (χ3v) is 7.38. The van der Waals surface area contributed by atoms with Crippen molar-refractivity contribution >= 4 is 43.4 Å². The minimum Gasteiger partial charge on any atom is -0.481 e. The van der Waals surface area contributed by atoms with Gasteiger partial charge in [0.1, 0.15) is 22.4 Å². The van der Waals surface area contributed by atoms with E-state index in [0.29, 0.717) is 6.54 Å². The summed E-state index contributed by atoms with van der Waals surface area (Å²) in [7, 11) is -3.40. The van der Waals surface area contributed by atoms with Crippen LogP contribution in [0.2, 0.25) is 0 Å². The van der Waals surface area contributed by atoms with Crippen LogP contribution in [0.1, 0.15) is 4.88 Å². The Bertz CT molecular complexity index is 973. The Labute approximate surface area is 149 Å². The van der Waals surface area contributed by atoms with Crippen LogP contribution in [0.15, 0.2) is 12.4 Å². The molecule has 2 aromatic rings. The zero-order valence-corrected chi connectivity index (χ0v) is 15.5. The molecule has 4 heterocycles. The van der Waals surface area contributed by atoms with Crippen molar-refractivity contribution in [2.75, 3.05) is 37.3 Å². The van der Waals surface area contributed by atoms with Crippen LogP contribution in [0, 0.1) is 18.3 Å². The molecule has 10 heteroatoms. The Morgan fingerprint density at radius 1 is 1.36 bits per heavy atom. The highest BCUT2D eigenvalue weighted by Crippen LogP contribution is 2.45. The summed E-state index contributed by atoms with van der Waals surface area (Å²) in [6.07, 6.45) is 2.63. The number of aromatic nitrogens is 2. The van der Waals surface area contributed by atoms with Crippen molar-refractivity contribution in [2.24, 2.45) is 11.3 Å². The third-order valence-electron chi connectivity index (χ3n) is 5.20. The fourth-order valence-corrected chi connectivity index (χ4v) is 5.71. The van der Waals surface area contributed by atoms with E-state index in [9.17, 15) is 18.3 Å². The SMILES string of the molecule is Cc1cc2c(N3C[C@H]4CN(S(C)(=O)=O)C[C@@]4(C(=O)O)C3)ncnc2s1. The zero-order valence-electron chi connectivity index (χ0n) is 13.8. The standard InChI is InChI=1S/C15H18N4O4S2/c1-9-3-11-12(16-8-17-13(11)24-9)18-4-10-5-19(25(2,22)23)7-15(10,6-18)14(20)21/h3,8,10H,4-7H2,1-2H3,(H,20,21)/t10-,15-/m0/s1. The summed E-state index contributed by atoms with van der Waals surface area (Å²) >= 11 is 1.57. The van der Waals surface area contributed by atoms with E-state index in [4.69, 9.17) is 0 Å². The van der Waals surface area contributed by atoms with E-state index in [0.717, 1.165) is 27.2 Å². The number of hydrogen-bond acceptors (Lipinski definition) is 7. The predicted octanol–water partition coefficient (Wildman–Crippen LogP) is 0.782. The molecular weight excluding hydrogens is 364 g/mol. The summed E-state index contributed by atoms with van der Waals surface area (Å²) in [5.41, 5.74) is -1.09. The molecule has 0 spiro atoms. The van der Waals surface area contributed by atoms with Gasteiger partial charge in [-0.15, -0.1) is 11.3 Å². The molecule has 0 radical (unpaired) electrons. The van der Waals surface area contributed by atoms with E-state index in [1.165, 1.54) is 10.6 Å². The summed E-state index contributed by atoms with van der Waals surface area (Å²) in [6.45, 7) is 2.97. The Balaban J connectivity index is 1.72. The number of fused-ring (bicyclic) bond motifs is 2. The number of rotatable bonds is 3. The van der Waals surface area contributed by atoms with Crippen LogP contribution in [-0.2, 0) is 14.8 Å². The van der Waals surface area contributed by atoms with E-state index in [2.05, 4.69) is 9.97 Å². The molecule has 0 unspecified atom stereocenters. The fourth-order valence-electron chi connectivity index (χ4n) is 3.95. The normalized spacial score (nSPS) is 27.1. The highest BCUT2D eigenvalue weighted by molar-refractivity contribution is 7.88. The molecule has 8 nitrogen and oxygen atoms in total. The van der Waals surface area contributed by atoms with Gasteiger partial charge in [0.2, 0.25) is 10.0 Å². The average molecular weight is 382 g/mol. The van der Waals surface area contributed by atoms with Crippen LogP contribution >= 0.6 is 11.3 Å². The van der Waals surface area contributed by atoms with Crippen molar-refractivity contribution in [2.45, 2.75) is 6.92 Å². The lowest BCUT2D eigenvalue weighted by Gasteiger charge is -2.25. The number of hydrogen-bond donors (Lipinski definition) is 1. The number of anilines is 1. The van der Waals surface area contributed by atoms with Crippen LogP contribution in [0.4, 0.5) is 5.82 Å². The van der Waals surface area contributed by atoms with Crippen LogP contribution in [0.5, 0.6) is 0 Å². The largest absolute Gasteiger partial charge is 0.481 e. The molecular formula is C15H18N4O4S2. The van der Waals surface area contributed by atoms with Gasteiger partial charge in [0, 0.05) is 37.0 Å². The number of carbonyl (C=O) groups is 1. The third kappa shape index (κ3) is 2.51. The molecule has 2 atom stereocenters. The molecule has 2 aromatic heterocycles. The molecule has 2 saturated heterocycles. The first-order valence-corrected chi connectivity index (χ1v) is 10.5. The molecule has 0 aliphatic carbocycles. The number of aryl methyl sites for hydroxylation is 1. The molecule has 134 valence electrons. The molecule has 0 amide bonds. The minimum absolute atomic E-state index is 0.0131. The molecule has 2 aliphatic rings. The van der Waals surface area contributed by atoms with E-state index in [1.54, 1.807) is 11.3 Å². The number of thiophene rings is 1. The maximum Gasteiger partial charge on any atom is 0.313 e. The topological polar surface area (TPSA) is 104 Å². The second kappa shape index (κ2) is 5.36. The highest BCUT2D eigenvalue weighted by Gasteiger charge is 2.59. The van der Waals surface area contributed by atoms with E-state index >= 15 is 0 Å². The van der Waals surface area contributed by atoms with Gasteiger partial charge in [0.25, 0.3) is 0 Å². The molecule has 0 saturated carbocycles. The van der Waals surface area contributed by atoms with Crippen LogP contribution in [0.3, 0.4) is 0 Å². The second-order valence-electron chi connectivity index (χ2n) is 6.87.